The molecule has 0 spiro atoms. The Hall–Kier alpha value is -2.64. The van der Waals surface area contributed by atoms with Gasteiger partial charge in [-0.25, -0.2) is 8.42 Å². The second-order valence-electron chi connectivity index (χ2n) is 7.00. The lowest BCUT2D eigenvalue weighted by Crippen LogP contribution is -2.38. The van der Waals surface area contributed by atoms with E-state index in [0.29, 0.717) is 5.75 Å². The molecule has 2 aromatic carbocycles. The van der Waals surface area contributed by atoms with Crippen LogP contribution in [-0.4, -0.2) is 38.8 Å². The van der Waals surface area contributed by atoms with Gasteiger partial charge in [0.25, 0.3) is 0 Å². The smallest absolute Gasteiger partial charge is 0.243 e. The van der Waals surface area contributed by atoms with Crippen LogP contribution >= 0.6 is 0 Å². The molecular weight excluding hydrogens is 388 g/mol. The predicted molar refractivity (Wildman–Crippen MR) is 116 cm³/mol. The van der Waals surface area contributed by atoms with E-state index in [0.717, 1.165) is 21.1 Å². The maximum atomic E-state index is 13.0. The molecule has 0 heterocycles. The Balaban J connectivity index is 2.26. The van der Waals surface area contributed by atoms with Gasteiger partial charge < -0.3 is 10.1 Å². The van der Waals surface area contributed by atoms with Gasteiger partial charge in [-0.05, 0) is 48.2 Å². The van der Waals surface area contributed by atoms with E-state index in [1.165, 1.54) is 25.3 Å². The Bertz CT molecular complexity index is 967. The number of rotatable bonds is 9. The molecule has 156 valence electrons. The summed E-state index contributed by atoms with van der Waals surface area (Å²) in [5, 5.41) is 2.89. The van der Waals surface area contributed by atoms with Crippen LogP contribution in [0.5, 0.6) is 5.75 Å². The molecule has 0 aliphatic carbocycles. The SMILES string of the molecule is C=CCN(CC(=O)Nc1c(C)cccc1C(C)C)S(=O)(=O)c1ccc(OC)cc1. The first-order valence-electron chi connectivity index (χ1n) is 9.35. The Kier molecular flexibility index (Phi) is 7.59. The lowest BCUT2D eigenvalue weighted by atomic mass is 9.98. The largest absolute Gasteiger partial charge is 0.497 e. The van der Waals surface area contributed by atoms with Gasteiger partial charge in [0, 0.05) is 12.2 Å². The van der Waals surface area contributed by atoms with E-state index in [2.05, 4.69) is 11.9 Å². The van der Waals surface area contributed by atoms with Crippen LogP contribution < -0.4 is 10.1 Å². The maximum Gasteiger partial charge on any atom is 0.243 e. The highest BCUT2D eigenvalue weighted by molar-refractivity contribution is 7.89. The fourth-order valence-corrected chi connectivity index (χ4v) is 4.34. The molecule has 0 atom stereocenters. The molecule has 0 bridgehead atoms. The van der Waals surface area contributed by atoms with Crippen molar-refractivity contribution in [2.75, 3.05) is 25.5 Å². The quantitative estimate of drug-likeness (QED) is 0.628. The zero-order valence-electron chi connectivity index (χ0n) is 17.3. The van der Waals surface area contributed by atoms with Crippen LogP contribution in [0.15, 0.2) is 60.0 Å². The van der Waals surface area contributed by atoms with E-state index in [4.69, 9.17) is 4.74 Å². The van der Waals surface area contributed by atoms with Crippen molar-refractivity contribution in [3.8, 4) is 5.75 Å². The summed E-state index contributed by atoms with van der Waals surface area (Å²) < 4.78 is 32.2. The fraction of sp³-hybridized carbons (Fsp3) is 0.318. The van der Waals surface area contributed by atoms with Gasteiger partial charge in [0.1, 0.15) is 5.75 Å². The number of amides is 1. The number of nitrogens with one attached hydrogen (secondary N) is 1. The van der Waals surface area contributed by atoms with Crippen molar-refractivity contribution in [2.45, 2.75) is 31.6 Å². The van der Waals surface area contributed by atoms with Crippen LogP contribution in [0.3, 0.4) is 0 Å². The number of sulfonamides is 1. The lowest BCUT2D eigenvalue weighted by molar-refractivity contribution is -0.116. The van der Waals surface area contributed by atoms with E-state index in [-0.39, 0.29) is 23.9 Å². The first-order chi connectivity index (χ1) is 13.7. The Morgan fingerprint density at radius 1 is 1.21 bits per heavy atom. The average Bonchev–Trinajstić information content (AvgIpc) is 2.69. The zero-order chi connectivity index (χ0) is 21.6. The molecule has 0 aliphatic rings. The number of aryl methyl sites for hydroxylation is 1. The summed E-state index contributed by atoms with van der Waals surface area (Å²) in [6.45, 7) is 9.33. The van der Waals surface area contributed by atoms with E-state index in [9.17, 15) is 13.2 Å². The number of ether oxygens (including phenoxy) is 1. The summed E-state index contributed by atoms with van der Waals surface area (Å²) in [4.78, 5) is 12.8. The number of anilines is 1. The third-order valence-corrected chi connectivity index (χ3v) is 6.37. The van der Waals surface area contributed by atoms with Gasteiger partial charge in [0.05, 0.1) is 18.6 Å². The number of para-hydroxylation sites is 1. The molecule has 29 heavy (non-hydrogen) atoms. The predicted octanol–water partition coefficient (Wildman–Crippen LogP) is 3.94. The highest BCUT2D eigenvalue weighted by Gasteiger charge is 2.26. The van der Waals surface area contributed by atoms with E-state index in [1.54, 1.807) is 12.1 Å². The number of nitrogens with zero attached hydrogens (tertiary/aromatic N) is 1. The van der Waals surface area contributed by atoms with Gasteiger partial charge in [-0.3, -0.25) is 4.79 Å². The first kappa shape index (κ1) is 22.6. The van der Waals surface area contributed by atoms with Crippen molar-refractivity contribution in [3.63, 3.8) is 0 Å². The minimum absolute atomic E-state index is 0.0204. The van der Waals surface area contributed by atoms with Crippen molar-refractivity contribution in [1.82, 2.24) is 4.31 Å². The second-order valence-corrected chi connectivity index (χ2v) is 8.94. The highest BCUT2D eigenvalue weighted by Crippen LogP contribution is 2.27. The van der Waals surface area contributed by atoms with Crippen LogP contribution in [0.2, 0.25) is 0 Å². The van der Waals surface area contributed by atoms with Gasteiger partial charge in [-0.2, -0.15) is 4.31 Å². The molecule has 0 saturated heterocycles. The minimum atomic E-state index is -3.87. The Morgan fingerprint density at radius 3 is 2.41 bits per heavy atom. The molecule has 2 aromatic rings. The van der Waals surface area contributed by atoms with Gasteiger partial charge in [0.15, 0.2) is 0 Å². The normalized spacial score (nSPS) is 11.5. The Labute approximate surface area is 173 Å². The number of carbonyl (C=O) groups excluding carboxylic acids is 1. The lowest BCUT2D eigenvalue weighted by Gasteiger charge is -2.22. The number of benzene rings is 2. The minimum Gasteiger partial charge on any atom is -0.497 e. The average molecular weight is 417 g/mol. The van der Waals surface area contributed by atoms with E-state index in [1.807, 2.05) is 39.0 Å². The molecule has 0 aromatic heterocycles. The van der Waals surface area contributed by atoms with Gasteiger partial charge in [-0.15, -0.1) is 6.58 Å². The third kappa shape index (κ3) is 5.46. The van der Waals surface area contributed by atoms with Crippen LogP contribution in [-0.2, 0) is 14.8 Å². The molecule has 0 aliphatic heterocycles. The van der Waals surface area contributed by atoms with Crippen LogP contribution in [0, 0.1) is 6.92 Å². The highest BCUT2D eigenvalue weighted by atomic mass is 32.2. The summed E-state index contributed by atoms with van der Waals surface area (Å²) in [7, 11) is -2.36. The first-order valence-corrected chi connectivity index (χ1v) is 10.8. The molecule has 0 radical (unpaired) electrons. The number of carbonyl (C=O) groups is 1. The molecule has 7 heteroatoms. The molecule has 0 fully saturated rings. The molecule has 6 nitrogen and oxygen atoms in total. The summed E-state index contributed by atoms with van der Waals surface area (Å²) in [5.74, 6) is 0.371. The summed E-state index contributed by atoms with van der Waals surface area (Å²) in [5.41, 5.74) is 2.66. The summed E-state index contributed by atoms with van der Waals surface area (Å²) >= 11 is 0. The van der Waals surface area contributed by atoms with Gasteiger partial charge in [-0.1, -0.05) is 38.1 Å². The van der Waals surface area contributed by atoms with Gasteiger partial charge >= 0.3 is 0 Å². The van der Waals surface area contributed by atoms with Gasteiger partial charge in [0.2, 0.25) is 15.9 Å². The molecule has 0 unspecified atom stereocenters. The van der Waals surface area contributed by atoms with Crippen molar-refractivity contribution < 1.29 is 17.9 Å². The van der Waals surface area contributed by atoms with E-state index < -0.39 is 15.9 Å². The second kappa shape index (κ2) is 9.71. The molecule has 2 rings (SSSR count). The Morgan fingerprint density at radius 2 is 1.86 bits per heavy atom. The third-order valence-electron chi connectivity index (χ3n) is 4.54. The van der Waals surface area contributed by atoms with Crippen LogP contribution in [0.25, 0.3) is 0 Å². The monoisotopic (exact) mass is 416 g/mol. The van der Waals surface area contributed by atoms with Crippen LogP contribution in [0.1, 0.15) is 30.9 Å². The number of hydrogen-bond donors (Lipinski definition) is 1. The molecule has 1 amide bonds. The number of methoxy groups -OCH3 is 1. The van der Waals surface area contributed by atoms with Crippen molar-refractivity contribution >= 4 is 21.6 Å². The van der Waals surface area contributed by atoms with E-state index >= 15 is 0 Å². The van der Waals surface area contributed by atoms with Crippen molar-refractivity contribution in [3.05, 3.63) is 66.2 Å². The van der Waals surface area contributed by atoms with Crippen molar-refractivity contribution in [1.29, 1.82) is 0 Å². The molecular formula is C22H28N2O4S. The standard InChI is InChI=1S/C22H28N2O4S/c1-6-14-24(29(26,27)19-12-10-18(28-5)11-13-19)15-21(25)23-22-17(4)8-7-9-20(22)16(2)3/h6-13,16H,1,14-15H2,2-5H3,(H,23,25). The number of hydrogen-bond acceptors (Lipinski definition) is 4. The fourth-order valence-electron chi connectivity index (χ4n) is 2.97. The molecule has 1 N–H and O–H groups in total. The maximum absolute atomic E-state index is 13.0. The summed E-state index contributed by atoms with van der Waals surface area (Å²) in [6, 6.07) is 11.9. The topological polar surface area (TPSA) is 75.7 Å². The zero-order valence-corrected chi connectivity index (χ0v) is 18.1. The van der Waals surface area contributed by atoms with Crippen molar-refractivity contribution in [2.24, 2.45) is 0 Å². The van der Waals surface area contributed by atoms with Crippen LogP contribution in [0.4, 0.5) is 5.69 Å². The summed E-state index contributed by atoms with van der Waals surface area (Å²) in [6.07, 6.45) is 1.46. The molecule has 0 saturated carbocycles.